The van der Waals surface area contributed by atoms with E-state index in [0.717, 1.165) is 12.1 Å². The second-order valence-corrected chi connectivity index (χ2v) is 6.20. The van der Waals surface area contributed by atoms with Crippen LogP contribution in [0.15, 0.2) is 51.6 Å². The molecule has 0 saturated carbocycles. The number of ether oxygens (including phenoxy) is 1. The second-order valence-electron chi connectivity index (χ2n) is 5.48. The Kier molecular flexibility index (Phi) is 5.41. The van der Waals surface area contributed by atoms with E-state index in [0.29, 0.717) is 11.3 Å². The van der Waals surface area contributed by atoms with Crippen LogP contribution in [0.25, 0.3) is 11.3 Å². The fourth-order valence-electron chi connectivity index (χ4n) is 2.39. The number of amides is 1. The molecule has 3 aromatic rings. The third-order valence-corrected chi connectivity index (χ3v) is 4.18. The molecule has 0 fully saturated rings. The SMILES string of the molecule is NC(=O)c1c(F)ccc(OC(C(=O)O)c2nc(-c3ccccc3)c(Br)o2)c1F. The van der Waals surface area contributed by atoms with E-state index in [1.807, 2.05) is 0 Å². The first-order valence-corrected chi connectivity index (χ1v) is 8.47. The number of primary amides is 1. The first-order valence-electron chi connectivity index (χ1n) is 7.68. The summed E-state index contributed by atoms with van der Waals surface area (Å²) in [5.74, 6) is -6.61. The highest BCUT2D eigenvalue weighted by atomic mass is 79.9. The number of hydrogen-bond donors (Lipinski definition) is 2. The molecular weight excluding hydrogens is 442 g/mol. The fourth-order valence-corrected chi connectivity index (χ4v) is 2.87. The smallest absolute Gasteiger partial charge is 0.354 e. The Labute approximate surface area is 164 Å². The van der Waals surface area contributed by atoms with Crippen LogP contribution in [0.4, 0.5) is 8.78 Å². The van der Waals surface area contributed by atoms with Gasteiger partial charge in [-0.3, -0.25) is 4.79 Å². The number of nitrogens with zero attached hydrogens (tertiary/aromatic N) is 1. The number of rotatable bonds is 6. The zero-order valence-electron chi connectivity index (χ0n) is 13.9. The van der Waals surface area contributed by atoms with Gasteiger partial charge in [-0.05, 0) is 28.1 Å². The van der Waals surface area contributed by atoms with Crippen molar-refractivity contribution in [3.8, 4) is 17.0 Å². The minimum atomic E-state index is -1.87. The molecule has 0 aliphatic carbocycles. The summed E-state index contributed by atoms with van der Waals surface area (Å²) in [7, 11) is 0. The molecule has 144 valence electrons. The molecule has 0 aliphatic heterocycles. The number of halogens is 3. The topological polar surface area (TPSA) is 116 Å². The number of aromatic nitrogens is 1. The molecule has 1 atom stereocenters. The number of oxazole rings is 1. The van der Waals surface area contributed by atoms with Gasteiger partial charge in [-0.1, -0.05) is 30.3 Å². The minimum Gasteiger partial charge on any atom is -0.478 e. The average molecular weight is 453 g/mol. The van der Waals surface area contributed by atoms with Crippen LogP contribution >= 0.6 is 15.9 Å². The Bertz CT molecular complexity index is 1060. The van der Waals surface area contributed by atoms with Gasteiger partial charge in [-0.2, -0.15) is 0 Å². The normalized spacial score (nSPS) is 11.8. The number of carbonyl (C=O) groups is 2. The minimum absolute atomic E-state index is 0.140. The lowest BCUT2D eigenvalue weighted by Crippen LogP contribution is -2.21. The van der Waals surface area contributed by atoms with Crippen LogP contribution in [-0.4, -0.2) is 22.0 Å². The van der Waals surface area contributed by atoms with Crippen molar-refractivity contribution in [3.05, 3.63) is 70.2 Å². The van der Waals surface area contributed by atoms with E-state index in [-0.39, 0.29) is 10.6 Å². The number of carbonyl (C=O) groups excluding carboxylic acids is 1. The molecule has 1 amide bonds. The quantitative estimate of drug-likeness (QED) is 0.589. The highest BCUT2D eigenvalue weighted by Gasteiger charge is 2.31. The lowest BCUT2D eigenvalue weighted by Gasteiger charge is -2.14. The van der Waals surface area contributed by atoms with E-state index in [9.17, 15) is 23.5 Å². The zero-order valence-corrected chi connectivity index (χ0v) is 15.4. The van der Waals surface area contributed by atoms with E-state index >= 15 is 0 Å². The zero-order chi connectivity index (χ0) is 20.4. The molecule has 0 bridgehead atoms. The third kappa shape index (κ3) is 3.72. The Morgan fingerprint density at radius 3 is 2.46 bits per heavy atom. The van der Waals surface area contributed by atoms with Crippen LogP contribution in [0.1, 0.15) is 22.4 Å². The van der Waals surface area contributed by atoms with E-state index in [4.69, 9.17) is 14.9 Å². The summed E-state index contributed by atoms with van der Waals surface area (Å²) in [6.45, 7) is 0. The van der Waals surface area contributed by atoms with Gasteiger partial charge in [0.05, 0.1) is 0 Å². The third-order valence-electron chi connectivity index (χ3n) is 3.65. The first-order chi connectivity index (χ1) is 13.3. The van der Waals surface area contributed by atoms with Crippen LogP contribution in [0, 0.1) is 11.6 Å². The van der Waals surface area contributed by atoms with E-state index in [1.165, 1.54) is 0 Å². The van der Waals surface area contributed by atoms with Crippen molar-refractivity contribution in [1.82, 2.24) is 4.98 Å². The lowest BCUT2D eigenvalue weighted by molar-refractivity contribution is -0.146. The van der Waals surface area contributed by atoms with Gasteiger partial charge in [0.15, 0.2) is 16.2 Å². The average Bonchev–Trinajstić information content (AvgIpc) is 3.02. The molecule has 0 aliphatic rings. The van der Waals surface area contributed by atoms with Crippen molar-refractivity contribution < 1.29 is 32.6 Å². The first kappa shape index (κ1) is 19.5. The maximum atomic E-state index is 14.4. The second kappa shape index (κ2) is 7.77. The molecule has 1 heterocycles. The monoisotopic (exact) mass is 452 g/mol. The number of aliphatic carboxylic acids is 1. The molecule has 10 heteroatoms. The maximum absolute atomic E-state index is 14.4. The molecule has 28 heavy (non-hydrogen) atoms. The highest BCUT2D eigenvalue weighted by Crippen LogP contribution is 2.33. The predicted molar refractivity (Wildman–Crippen MR) is 95.5 cm³/mol. The van der Waals surface area contributed by atoms with Crippen LogP contribution in [0.5, 0.6) is 5.75 Å². The predicted octanol–water partition coefficient (Wildman–Crippen LogP) is 3.69. The van der Waals surface area contributed by atoms with Crippen molar-refractivity contribution in [1.29, 1.82) is 0 Å². The van der Waals surface area contributed by atoms with Gasteiger partial charge in [0.2, 0.25) is 5.89 Å². The molecule has 7 nitrogen and oxygen atoms in total. The number of carboxylic acids is 1. The van der Waals surface area contributed by atoms with Gasteiger partial charge in [-0.25, -0.2) is 18.6 Å². The molecule has 0 radical (unpaired) electrons. The van der Waals surface area contributed by atoms with Crippen molar-refractivity contribution in [2.24, 2.45) is 5.73 Å². The number of nitrogens with two attached hydrogens (primary N) is 1. The van der Waals surface area contributed by atoms with Gasteiger partial charge < -0.3 is 20.0 Å². The fraction of sp³-hybridized carbons (Fsp3) is 0.0556. The lowest BCUT2D eigenvalue weighted by atomic mass is 10.1. The van der Waals surface area contributed by atoms with Gasteiger partial charge in [-0.15, -0.1) is 0 Å². The van der Waals surface area contributed by atoms with Gasteiger partial charge in [0.25, 0.3) is 12.0 Å². The Morgan fingerprint density at radius 1 is 1.18 bits per heavy atom. The standard InChI is InChI=1S/C18H11BrF2N2O5/c19-15-13(8-4-2-1-3-5-8)23-17(28-15)14(18(25)26)27-10-7-6-9(20)11(12(10)21)16(22)24/h1-7,14H,(H2,22,24)(H,25,26). The van der Waals surface area contributed by atoms with Crippen molar-refractivity contribution in [2.75, 3.05) is 0 Å². The number of benzene rings is 2. The largest absolute Gasteiger partial charge is 0.478 e. The summed E-state index contributed by atoms with van der Waals surface area (Å²) >= 11 is 3.15. The molecule has 2 aromatic carbocycles. The van der Waals surface area contributed by atoms with Gasteiger partial charge in [0.1, 0.15) is 17.1 Å². The summed E-state index contributed by atoms with van der Waals surface area (Å²) in [5, 5.41) is 9.45. The molecule has 3 rings (SSSR count). The maximum Gasteiger partial charge on any atom is 0.354 e. The summed E-state index contributed by atoms with van der Waals surface area (Å²) in [5.41, 5.74) is 4.85. The van der Waals surface area contributed by atoms with Crippen LogP contribution in [0.3, 0.4) is 0 Å². The van der Waals surface area contributed by atoms with Crippen molar-refractivity contribution in [2.45, 2.75) is 6.10 Å². The molecule has 0 spiro atoms. The Morgan fingerprint density at radius 2 is 1.86 bits per heavy atom. The number of carboxylic acid groups (broad SMARTS) is 1. The summed E-state index contributed by atoms with van der Waals surface area (Å²) in [4.78, 5) is 26.9. The molecule has 3 N–H and O–H groups in total. The molecule has 1 aromatic heterocycles. The van der Waals surface area contributed by atoms with Crippen LogP contribution < -0.4 is 10.5 Å². The molecule has 0 saturated heterocycles. The number of hydrogen-bond acceptors (Lipinski definition) is 5. The van der Waals surface area contributed by atoms with E-state index in [1.54, 1.807) is 30.3 Å². The highest BCUT2D eigenvalue weighted by molar-refractivity contribution is 9.10. The van der Waals surface area contributed by atoms with Crippen LogP contribution in [-0.2, 0) is 4.79 Å². The Hall–Kier alpha value is -3.27. The van der Waals surface area contributed by atoms with E-state index in [2.05, 4.69) is 20.9 Å². The van der Waals surface area contributed by atoms with Crippen molar-refractivity contribution in [3.63, 3.8) is 0 Å². The Balaban J connectivity index is 2.00. The molecule has 1 unspecified atom stereocenters. The van der Waals surface area contributed by atoms with E-state index < -0.39 is 40.9 Å². The van der Waals surface area contributed by atoms with Crippen molar-refractivity contribution >= 4 is 27.8 Å². The van der Waals surface area contributed by atoms with Gasteiger partial charge >= 0.3 is 5.97 Å². The van der Waals surface area contributed by atoms with Gasteiger partial charge in [0, 0.05) is 5.56 Å². The van der Waals surface area contributed by atoms with Crippen LogP contribution in [0.2, 0.25) is 0 Å². The summed E-state index contributed by atoms with van der Waals surface area (Å²) < 4.78 is 38.5. The molecular formula is C18H11BrF2N2O5. The summed E-state index contributed by atoms with van der Waals surface area (Å²) in [6, 6.07) is 10.3. The summed E-state index contributed by atoms with van der Waals surface area (Å²) in [6.07, 6.45) is -1.87.